The van der Waals surface area contributed by atoms with Gasteiger partial charge in [0, 0.05) is 13.6 Å². The second-order valence-electron chi connectivity index (χ2n) is 6.43. The molecule has 2 rings (SSSR count). The maximum atomic E-state index is 12.6. The van der Waals surface area contributed by atoms with Gasteiger partial charge >= 0.3 is 12.1 Å². The Balaban J connectivity index is 2.24. The molecule has 140 valence electrons. The maximum absolute atomic E-state index is 12.6. The van der Waals surface area contributed by atoms with Crippen molar-refractivity contribution in [2.45, 2.75) is 43.2 Å². The van der Waals surface area contributed by atoms with Crippen molar-refractivity contribution in [3.8, 4) is 0 Å². The summed E-state index contributed by atoms with van der Waals surface area (Å²) in [6.07, 6.45) is -1.46. The molecule has 0 atom stereocenters. The number of rotatable bonds is 5. The molecule has 9 heteroatoms. The molecule has 1 saturated carbocycles. The SMILES string of the molecule is CN(CC1(C(=O)O)CCCCC1)S(=O)(=O)c1ccc(C(F)(F)F)cc1. The Morgan fingerprint density at radius 2 is 1.68 bits per heavy atom. The lowest BCUT2D eigenvalue weighted by molar-refractivity contribution is -0.151. The first-order valence-corrected chi connectivity index (χ1v) is 9.30. The number of sulfonamides is 1. The van der Waals surface area contributed by atoms with Crippen LogP contribution in [0, 0.1) is 5.41 Å². The minimum Gasteiger partial charge on any atom is -0.481 e. The summed E-state index contributed by atoms with van der Waals surface area (Å²) in [5.74, 6) is -1.04. The summed E-state index contributed by atoms with van der Waals surface area (Å²) in [4.78, 5) is 11.4. The van der Waals surface area contributed by atoms with Gasteiger partial charge in [-0.1, -0.05) is 19.3 Å². The molecule has 0 spiro atoms. The number of halogens is 3. The number of carboxylic acid groups (broad SMARTS) is 1. The highest BCUT2D eigenvalue weighted by Crippen LogP contribution is 2.38. The van der Waals surface area contributed by atoms with Crippen LogP contribution in [0.2, 0.25) is 0 Å². The summed E-state index contributed by atoms with van der Waals surface area (Å²) in [6.45, 7) is -0.203. The lowest BCUT2D eigenvalue weighted by Crippen LogP contribution is -2.45. The molecule has 0 aromatic heterocycles. The Hall–Kier alpha value is -1.61. The van der Waals surface area contributed by atoms with Crippen molar-refractivity contribution >= 4 is 16.0 Å². The average molecular weight is 379 g/mol. The average Bonchev–Trinajstić information content (AvgIpc) is 2.54. The zero-order valence-electron chi connectivity index (χ0n) is 13.7. The highest BCUT2D eigenvalue weighted by molar-refractivity contribution is 7.89. The smallest absolute Gasteiger partial charge is 0.416 e. The number of alkyl halides is 3. The van der Waals surface area contributed by atoms with Gasteiger partial charge in [0.05, 0.1) is 15.9 Å². The van der Waals surface area contributed by atoms with Crippen molar-refractivity contribution in [3.05, 3.63) is 29.8 Å². The fourth-order valence-corrected chi connectivity index (χ4v) is 4.43. The van der Waals surface area contributed by atoms with Crippen molar-refractivity contribution in [1.29, 1.82) is 0 Å². The van der Waals surface area contributed by atoms with Gasteiger partial charge in [0.1, 0.15) is 0 Å². The molecule has 1 N–H and O–H groups in total. The topological polar surface area (TPSA) is 74.7 Å². The molecule has 0 saturated heterocycles. The summed E-state index contributed by atoms with van der Waals surface area (Å²) in [5, 5.41) is 9.55. The van der Waals surface area contributed by atoms with E-state index in [4.69, 9.17) is 0 Å². The number of carboxylic acids is 1. The normalized spacial score (nSPS) is 18.3. The summed E-state index contributed by atoms with van der Waals surface area (Å²) < 4.78 is 63.9. The molecule has 1 aliphatic carbocycles. The van der Waals surface area contributed by atoms with Crippen LogP contribution < -0.4 is 0 Å². The Kier molecular flexibility index (Phi) is 5.48. The minimum atomic E-state index is -4.55. The van der Waals surface area contributed by atoms with Crippen LogP contribution in [0.25, 0.3) is 0 Å². The van der Waals surface area contributed by atoms with Crippen molar-refractivity contribution < 1.29 is 31.5 Å². The molecule has 0 bridgehead atoms. The summed E-state index contributed by atoms with van der Waals surface area (Å²) in [5.41, 5.74) is -2.09. The molecule has 0 unspecified atom stereocenters. The third-order valence-corrected chi connectivity index (χ3v) is 6.50. The first kappa shape index (κ1) is 19.7. The summed E-state index contributed by atoms with van der Waals surface area (Å²) >= 11 is 0. The summed E-state index contributed by atoms with van der Waals surface area (Å²) in [6, 6.07) is 3.19. The summed E-state index contributed by atoms with van der Waals surface area (Å²) in [7, 11) is -2.81. The van der Waals surface area contributed by atoms with E-state index < -0.39 is 33.1 Å². The van der Waals surface area contributed by atoms with Crippen molar-refractivity contribution in [1.82, 2.24) is 4.31 Å². The van der Waals surface area contributed by atoms with Crippen LogP contribution in [0.15, 0.2) is 29.2 Å². The van der Waals surface area contributed by atoms with E-state index in [-0.39, 0.29) is 11.4 Å². The second kappa shape index (κ2) is 6.95. The van der Waals surface area contributed by atoms with E-state index in [0.717, 1.165) is 22.9 Å². The van der Waals surface area contributed by atoms with Crippen LogP contribution in [0.3, 0.4) is 0 Å². The Morgan fingerprint density at radius 3 is 2.12 bits per heavy atom. The molecule has 1 fully saturated rings. The molecule has 0 aliphatic heterocycles. The number of nitrogens with zero attached hydrogens (tertiary/aromatic N) is 1. The maximum Gasteiger partial charge on any atom is 0.416 e. The van der Waals surface area contributed by atoms with E-state index in [9.17, 15) is 31.5 Å². The van der Waals surface area contributed by atoms with Crippen LogP contribution in [0.5, 0.6) is 0 Å². The van der Waals surface area contributed by atoms with Crippen molar-refractivity contribution in [3.63, 3.8) is 0 Å². The lowest BCUT2D eigenvalue weighted by atomic mass is 9.74. The van der Waals surface area contributed by atoms with Crippen molar-refractivity contribution in [2.24, 2.45) is 5.41 Å². The standard InChI is InChI=1S/C16H20F3NO4S/c1-20(11-15(14(21)22)9-3-2-4-10-15)25(23,24)13-7-5-12(6-8-13)16(17,18)19/h5-8H,2-4,9-11H2,1H3,(H,21,22). The highest BCUT2D eigenvalue weighted by atomic mass is 32.2. The second-order valence-corrected chi connectivity index (χ2v) is 8.47. The van der Waals surface area contributed by atoms with Crippen LogP contribution in [0.4, 0.5) is 13.2 Å². The number of hydrogen-bond acceptors (Lipinski definition) is 3. The third kappa shape index (κ3) is 4.14. The molecule has 0 radical (unpaired) electrons. The lowest BCUT2D eigenvalue weighted by Gasteiger charge is -2.36. The van der Waals surface area contributed by atoms with Crippen LogP contribution in [-0.4, -0.2) is 37.4 Å². The van der Waals surface area contributed by atoms with E-state index in [0.29, 0.717) is 37.8 Å². The van der Waals surface area contributed by atoms with Gasteiger partial charge in [-0.25, -0.2) is 8.42 Å². The Morgan fingerprint density at radius 1 is 1.16 bits per heavy atom. The predicted molar refractivity (Wildman–Crippen MR) is 84.4 cm³/mol. The number of carbonyl (C=O) groups is 1. The highest BCUT2D eigenvalue weighted by Gasteiger charge is 2.42. The van der Waals surface area contributed by atoms with E-state index in [1.165, 1.54) is 7.05 Å². The molecule has 0 amide bonds. The van der Waals surface area contributed by atoms with Gasteiger partial charge in [-0.15, -0.1) is 0 Å². The van der Waals surface area contributed by atoms with Gasteiger partial charge in [0.15, 0.2) is 0 Å². The van der Waals surface area contributed by atoms with Crippen LogP contribution in [0.1, 0.15) is 37.7 Å². The van der Waals surface area contributed by atoms with Crippen molar-refractivity contribution in [2.75, 3.05) is 13.6 Å². The van der Waals surface area contributed by atoms with Gasteiger partial charge < -0.3 is 5.11 Å². The molecule has 5 nitrogen and oxygen atoms in total. The van der Waals surface area contributed by atoms with E-state index in [2.05, 4.69) is 0 Å². The first-order chi connectivity index (χ1) is 11.5. The van der Waals surface area contributed by atoms with Gasteiger partial charge in [0.2, 0.25) is 10.0 Å². The zero-order valence-corrected chi connectivity index (χ0v) is 14.5. The fraction of sp³-hybridized carbons (Fsp3) is 0.562. The monoisotopic (exact) mass is 379 g/mol. The first-order valence-electron chi connectivity index (χ1n) is 7.86. The molecule has 1 aliphatic rings. The minimum absolute atomic E-state index is 0.203. The third-order valence-electron chi connectivity index (χ3n) is 4.68. The Bertz CT molecular complexity index is 723. The van der Waals surface area contributed by atoms with Gasteiger partial charge in [-0.3, -0.25) is 4.79 Å². The van der Waals surface area contributed by atoms with E-state index >= 15 is 0 Å². The largest absolute Gasteiger partial charge is 0.481 e. The number of aliphatic carboxylic acids is 1. The quantitative estimate of drug-likeness (QED) is 0.851. The van der Waals surface area contributed by atoms with E-state index in [1.54, 1.807) is 0 Å². The molecule has 1 aromatic rings. The fourth-order valence-electron chi connectivity index (χ4n) is 3.18. The number of benzene rings is 1. The predicted octanol–water partition coefficient (Wildman–Crippen LogP) is 3.36. The van der Waals surface area contributed by atoms with Crippen LogP contribution in [-0.2, 0) is 21.0 Å². The molecule has 25 heavy (non-hydrogen) atoms. The van der Waals surface area contributed by atoms with E-state index in [1.807, 2.05) is 0 Å². The molecule has 1 aromatic carbocycles. The van der Waals surface area contributed by atoms with Gasteiger partial charge in [-0.2, -0.15) is 17.5 Å². The molecular formula is C16H20F3NO4S. The van der Waals surface area contributed by atoms with Gasteiger partial charge in [-0.05, 0) is 37.1 Å². The number of hydrogen-bond donors (Lipinski definition) is 1. The van der Waals surface area contributed by atoms with Gasteiger partial charge in [0.25, 0.3) is 0 Å². The zero-order chi connectivity index (χ0) is 18.9. The molecular weight excluding hydrogens is 359 g/mol. The molecule has 0 heterocycles. The Labute approximate surface area is 144 Å². The van der Waals surface area contributed by atoms with Crippen LogP contribution >= 0.6 is 0 Å².